The van der Waals surface area contributed by atoms with E-state index in [-0.39, 0.29) is 11.3 Å². The molecule has 0 radical (unpaired) electrons. The predicted molar refractivity (Wildman–Crippen MR) is 167 cm³/mol. The van der Waals surface area contributed by atoms with Gasteiger partial charge in [-0.25, -0.2) is 0 Å². The lowest BCUT2D eigenvalue weighted by Gasteiger charge is -2.40. The number of aliphatic hydroxyl groups is 1. The molecule has 5 nitrogen and oxygen atoms in total. The molecule has 3 aromatic rings. The Morgan fingerprint density at radius 2 is 1.37 bits per heavy atom. The molecule has 0 atom stereocenters. The Balaban J connectivity index is 1.25. The highest BCUT2D eigenvalue weighted by molar-refractivity contribution is 6.30. The minimum atomic E-state index is -0.793. The number of amides is 1. The maximum Gasteiger partial charge on any atom is 0.221 e. The Labute approximate surface area is 250 Å². The van der Waals surface area contributed by atoms with Crippen molar-refractivity contribution >= 4 is 17.5 Å². The van der Waals surface area contributed by atoms with Crippen LogP contribution < -0.4 is 5.32 Å². The molecule has 0 unspecified atom stereocenters. The van der Waals surface area contributed by atoms with Gasteiger partial charge in [0.25, 0.3) is 0 Å². The Kier molecular flexibility index (Phi) is 10.2. The van der Waals surface area contributed by atoms with Crippen LogP contribution in [0.3, 0.4) is 0 Å². The van der Waals surface area contributed by atoms with E-state index < -0.39 is 5.60 Å². The molecule has 5 rings (SSSR count). The lowest BCUT2D eigenvalue weighted by molar-refractivity contribution is -0.121. The zero-order valence-corrected chi connectivity index (χ0v) is 24.9. The van der Waals surface area contributed by atoms with Gasteiger partial charge in [0.1, 0.15) is 0 Å². The van der Waals surface area contributed by atoms with Crippen LogP contribution in [0.1, 0.15) is 61.6 Å². The minimum Gasteiger partial charge on any atom is -0.385 e. The summed E-state index contributed by atoms with van der Waals surface area (Å²) in [7, 11) is 0. The zero-order chi connectivity index (χ0) is 28.5. The van der Waals surface area contributed by atoms with Gasteiger partial charge in [-0.3, -0.25) is 4.79 Å². The largest absolute Gasteiger partial charge is 0.385 e. The van der Waals surface area contributed by atoms with Crippen molar-refractivity contribution < 1.29 is 9.90 Å². The van der Waals surface area contributed by atoms with Crippen LogP contribution in [0.15, 0.2) is 84.9 Å². The van der Waals surface area contributed by atoms with Crippen molar-refractivity contribution in [1.82, 2.24) is 15.1 Å². The van der Waals surface area contributed by atoms with Crippen LogP contribution in [0, 0.1) is 0 Å². The summed E-state index contributed by atoms with van der Waals surface area (Å²) < 4.78 is 0. The van der Waals surface area contributed by atoms with E-state index in [1.54, 1.807) is 0 Å². The summed E-state index contributed by atoms with van der Waals surface area (Å²) in [5.74, 6) is 0.130. The van der Waals surface area contributed by atoms with E-state index in [0.717, 1.165) is 57.7 Å². The van der Waals surface area contributed by atoms with E-state index in [4.69, 9.17) is 11.6 Å². The maximum atomic E-state index is 13.0. The highest BCUT2D eigenvalue weighted by Crippen LogP contribution is 2.38. The number of hydrogen-bond acceptors (Lipinski definition) is 4. The molecule has 6 heteroatoms. The first-order valence-corrected chi connectivity index (χ1v) is 15.7. The molecule has 2 heterocycles. The van der Waals surface area contributed by atoms with E-state index in [0.29, 0.717) is 30.8 Å². The Hall–Kier alpha value is -2.70. The van der Waals surface area contributed by atoms with Crippen LogP contribution in [-0.2, 0) is 15.8 Å². The molecule has 2 aliphatic rings. The average molecular weight is 574 g/mol. The zero-order valence-electron chi connectivity index (χ0n) is 24.1. The number of rotatable bonds is 12. The van der Waals surface area contributed by atoms with Crippen LogP contribution in [-0.4, -0.2) is 66.6 Å². The molecule has 1 amide bonds. The molecular weight excluding hydrogens is 530 g/mol. The third-order valence-electron chi connectivity index (χ3n) is 9.24. The fourth-order valence-electron chi connectivity index (χ4n) is 6.67. The molecule has 41 heavy (non-hydrogen) atoms. The monoisotopic (exact) mass is 573 g/mol. The van der Waals surface area contributed by atoms with Crippen LogP contribution in [0.4, 0.5) is 0 Å². The highest BCUT2D eigenvalue weighted by Gasteiger charge is 2.36. The second-order valence-electron chi connectivity index (χ2n) is 11.9. The number of hydrogen-bond donors (Lipinski definition) is 2. The lowest BCUT2D eigenvalue weighted by Crippen LogP contribution is -2.44. The van der Waals surface area contributed by atoms with E-state index in [1.165, 1.54) is 24.0 Å². The molecule has 2 aliphatic heterocycles. The molecule has 0 bridgehead atoms. The van der Waals surface area contributed by atoms with Crippen LogP contribution >= 0.6 is 11.6 Å². The van der Waals surface area contributed by atoms with Crippen molar-refractivity contribution in [1.29, 1.82) is 0 Å². The summed E-state index contributed by atoms with van der Waals surface area (Å²) in [6.07, 6.45) is 6.37. The summed E-state index contributed by atoms with van der Waals surface area (Å²) in [6.45, 7) is 6.31. The molecule has 3 aromatic carbocycles. The molecule has 0 spiro atoms. The number of piperidine rings is 1. The van der Waals surface area contributed by atoms with Gasteiger partial charge in [-0.05, 0) is 87.0 Å². The van der Waals surface area contributed by atoms with E-state index in [9.17, 15) is 9.90 Å². The molecule has 0 aliphatic carbocycles. The van der Waals surface area contributed by atoms with Gasteiger partial charge in [-0.1, -0.05) is 84.4 Å². The number of benzene rings is 3. The molecule has 2 saturated heterocycles. The van der Waals surface area contributed by atoms with Gasteiger partial charge in [0, 0.05) is 43.0 Å². The first-order chi connectivity index (χ1) is 20.0. The molecule has 0 aromatic heterocycles. The summed E-state index contributed by atoms with van der Waals surface area (Å²) in [5, 5.41) is 15.4. The summed E-state index contributed by atoms with van der Waals surface area (Å²) in [6, 6.07) is 29.0. The number of carbonyl (C=O) groups excluding carboxylic acids is 1. The fourth-order valence-corrected chi connectivity index (χ4v) is 6.79. The van der Waals surface area contributed by atoms with Crippen LogP contribution in [0.25, 0.3) is 0 Å². The van der Waals surface area contributed by atoms with Crippen LogP contribution in [0.5, 0.6) is 0 Å². The first kappa shape index (κ1) is 29.8. The first-order valence-electron chi connectivity index (χ1n) is 15.3. The minimum absolute atomic E-state index is 0.130. The Morgan fingerprint density at radius 1 is 0.805 bits per heavy atom. The predicted octanol–water partition coefficient (Wildman–Crippen LogP) is 5.99. The number of likely N-dealkylation sites (tertiary alicyclic amines) is 2. The quantitative estimate of drug-likeness (QED) is 0.279. The third kappa shape index (κ3) is 7.58. The van der Waals surface area contributed by atoms with Crippen molar-refractivity contribution in [3.05, 3.63) is 107 Å². The topological polar surface area (TPSA) is 55.8 Å². The van der Waals surface area contributed by atoms with Crippen molar-refractivity contribution in [2.45, 2.75) is 56.0 Å². The molecule has 2 fully saturated rings. The SMILES string of the molecule is O=C(CCN1CCCC1)NCC(CCCN1CCC(O)(c2ccc(Cl)cc2)CC1)(c1ccccc1)c1ccccc1. The number of carbonyl (C=O) groups is 1. The standard InChI is InChI=1S/C35H44ClN3O2/c36-32-16-14-31(15-17-32)35(41)20-26-39(27-21-35)24-9-19-34(29-10-3-1-4-11-29,30-12-5-2-6-13-30)28-37-33(40)18-25-38-22-7-8-23-38/h1-6,10-17,41H,7-9,18-28H2,(H,37,40). The summed E-state index contributed by atoms with van der Waals surface area (Å²) in [4.78, 5) is 17.9. The average Bonchev–Trinajstić information content (AvgIpc) is 3.54. The van der Waals surface area contributed by atoms with Crippen molar-refractivity contribution in [2.75, 3.05) is 45.8 Å². The summed E-state index contributed by atoms with van der Waals surface area (Å²) >= 11 is 6.07. The second kappa shape index (κ2) is 14.0. The van der Waals surface area contributed by atoms with Gasteiger partial charge in [0.15, 0.2) is 0 Å². The van der Waals surface area contributed by atoms with Gasteiger partial charge in [0.05, 0.1) is 5.60 Å². The summed E-state index contributed by atoms with van der Waals surface area (Å²) in [5.41, 5.74) is 2.32. The molecular formula is C35H44ClN3O2. The van der Waals surface area contributed by atoms with E-state index in [2.05, 4.69) is 75.8 Å². The third-order valence-corrected chi connectivity index (χ3v) is 9.49. The van der Waals surface area contributed by atoms with Crippen molar-refractivity contribution in [3.63, 3.8) is 0 Å². The van der Waals surface area contributed by atoms with Gasteiger partial charge in [-0.15, -0.1) is 0 Å². The Bertz CT molecular complexity index is 1180. The lowest BCUT2D eigenvalue weighted by atomic mass is 9.71. The van der Waals surface area contributed by atoms with Crippen molar-refractivity contribution in [3.8, 4) is 0 Å². The molecule has 0 saturated carbocycles. The van der Waals surface area contributed by atoms with Gasteiger partial charge >= 0.3 is 0 Å². The maximum absolute atomic E-state index is 13.0. The second-order valence-corrected chi connectivity index (χ2v) is 12.3. The fraction of sp³-hybridized carbons (Fsp3) is 0.457. The smallest absolute Gasteiger partial charge is 0.221 e. The van der Waals surface area contributed by atoms with Gasteiger partial charge in [0.2, 0.25) is 5.91 Å². The number of halogens is 1. The van der Waals surface area contributed by atoms with E-state index >= 15 is 0 Å². The number of nitrogens with one attached hydrogen (secondary N) is 1. The highest BCUT2D eigenvalue weighted by atomic mass is 35.5. The number of nitrogens with zero attached hydrogens (tertiary/aromatic N) is 2. The van der Waals surface area contributed by atoms with Gasteiger partial charge < -0.3 is 20.2 Å². The Morgan fingerprint density at radius 3 is 1.95 bits per heavy atom. The van der Waals surface area contributed by atoms with E-state index in [1.807, 2.05) is 24.3 Å². The molecule has 2 N–H and O–H groups in total. The van der Waals surface area contributed by atoms with Crippen LogP contribution in [0.2, 0.25) is 5.02 Å². The van der Waals surface area contributed by atoms with Gasteiger partial charge in [-0.2, -0.15) is 0 Å². The van der Waals surface area contributed by atoms with Crippen molar-refractivity contribution in [2.24, 2.45) is 0 Å². The molecule has 218 valence electrons. The normalized spacial score (nSPS) is 17.9.